The van der Waals surface area contributed by atoms with Gasteiger partial charge >= 0.3 is 0 Å². The fourth-order valence-electron chi connectivity index (χ4n) is 3.57. The van der Waals surface area contributed by atoms with Gasteiger partial charge in [0.1, 0.15) is 18.5 Å². The normalized spacial score (nSPS) is 15.9. The SMILES string of the molecule is COc1cccc(CN(C)Cc2ccc(F)cc2)c1OC[C@H](O)CN1CCOCC1. The van der Waals surface area contributed by atoms with Crippen molar-refractivity contribution in [3.8, 4) is 11.5 Å². The third-order valence-corrected chi connectivity index (χ3v) is 5.08. The number of nitrogens with zero attached hydrogens (tertiary/aromatic N) is 2. The zero-order chi connectivity index (χ0) is 21.3. The Kier molecular flexibility index (Phi) is 8.45. The van der Waals surface area contributed by atoms with Gasteiger partial charge in [-0.25, -0.2) is 4.39 Å². The van der Waals surface area contributed by atoms with Crippen LogP contribution in [0.4, 0.5) is 4.39 Å². The Balaban J connectivity index is 1.61. The molecule has 2 aromatic rings. The molecule has 1 aliphatic rings. The molecule has 7 heteroatoms. The van der Waals surface area contributed by atoms with Crippen LogP contribution in [0.2, 0.25) is 0 Å². The van der Waals surface area contributed by atoms with Gasteiger partial charge in [-0.05, 0) is 30.8 Å². The number of halogens is 1. The highest BCUT2D eigenvalue weighted by Crippen LogP contribution is 2.32. The standard InChI is InChI=1S/C23H31FN2O4/c1-25(14-18-6-8-20(24)9-7-18)15-19-4-3-5-22(28-2)23(19)30-17-21(27)16-26-10-12-29-13-11-26/h3-9,21,27H,10-17H2,1-2H3/t21-/m1/s1. The predicted octanol–water partition coefficient (Wildman–Crippen LogP) is 2.54. The lowest BCUT2D eigenvalue weighted by atomic mass is 10.1. The number of para-hydroxylation sites is 1. The van der Waals surface area contributed by atoms with E-state index in [0.717, 1.165) is 24.2 Å². The predicted molar refractivity (Wildman–Crippen MR) is 113 cm³/mol. The molecule has 0 aliphatic carbocycles. The molecular formula is C23H31FN2O4. The van der Waals surface area contributed by atoms with Gasteiger partial charge in [-0.3, -0.25) is 9.80 Å². The average molecular weight is 419 g/mol. The molecule has 0 unspecified atom stereocenters. The number of benzene rings is 2. The van der Waals surface area contributed by atoms with E-state index in [1.165, 1.54) is 12.1 Å². The van der Waals surface area contributed by atoms with Gasteiger partial charge in [-0.2, -0.15) is 0 Å². The highest BCUT2D eigenvalue weighted by molar-refractivity contribution is 5.46. The second-order valence-electron chi connectivity index (χ2n) is 7.63. The third-order valence-electron chi connectivity index (χ3n) is 5.08. The first-order valence-corrected chi connectivity index (χ1v) is 10.2. The summed E-state index contributed by atoms with van der Waals surface area (Å²) in [6, 6.07) is 12.3. The molecule has 0 aromatic heterocycles. The molecule has 0 amide bonds. The maximum Gasteiger partial charge on any atom is 0.165 e. The number of morpholine rings is 1. The van der Waals surface area contributed by atoms with Crippen LogP contribution in [-0.2, 0) is 17.8 Å². The van der Waals surface area contributed by atoms with Crippen LogP contribution in [0, 0.1) is 5.82 Å². The van der Waals surface area contributed by atoms with Crippen LogP contribution in [0.15, 0.2) is 42.5 Å². The van der Waals surface area contributed by atoms with Crippen molar-refractivity contribution < 1.29 is 23.7 Å². The Morgan fingerprint density at radius 1 is 1.13 bits per heavy atom. The van der Waals surface area contributed by atoms with Gasteiger partial charge in [0, 0.05) is 38.3 Å². The third kappa shape index (κ3) is 6.67. The number of methoxy groups -OCH3 is 1. The van der Waals surface area contributed by atoms with Gasteiger partial charge in [0.05, 0.1) is 20.3 Å². The molecule has 2 aromatic carbocycles. The first-order valence-electron chi connectivity index (χ1n) is 10.2. The number of aliphatic hydroxyl groups excluding tert-OH is 1. The molecule has 164 valence electrons. The first-order chi connectivity index (χ1) is 14.5. The summed E-state index contributed by atoms with van der Waals surface area (Å²) in [5.74, 6) is 1.05. The summed E-state index contributed by atoms with van der Waals surface area (Å²) in [7, 11) is 3.61. The van der Waals surface area contributed by atoms with E-state index in [2.05, 4.69) is 9.80 Å². The maximum atomic E-state index is 13.1. The van der Waals surface area contributed by atoms with Crippen LogP contribution in [0.1, 0.15) is 11.1 Å². The van der Waals surface area contributed by atoms with Crippen molar-refractivity contribution in [3.63, 3.8) is 0 Å². The highest BCUT2D eigenvalue weighted by Gasteiger charge is 2.18. The van der Waals surface area contributed by atoms with Crippen LogP contribution in [0.3, 0.4) is 0 Å². The van der Waals surface area contributed by atoms with Gasteiger partial charge in [0.25, 0.3) is 0 Å². The van der Waals surface area contributed by atoms with E-state index >= 15 is 0 Å². The molecular weight excluding hydrogens is 387 g/mol. The Labute approximate surface area is 177 Å². The zero-order valence-corrected chi connectivity index (χ0v) is 17.7. The minimum absolute atomic E-state index is 0.187. The molecule has 1 heterocycles. The van der Waals surface area contributed by atoms with Crippen molar-refractivity contribution in [2.75, 3.05) is 53.6 Å². The van der Waals surface area contributed by atoms with E-state index in [0.29, 0.717) is 44.3 Å². The fraction of sp³-hybridized carbons (Fsp3) is 0.478. The van der Waals surface area contributed by atoms with E-state index in [4.69, 9.17) is 14.2 Å². The van der Waals surface area contributed by atoms with Crippen molar-refractivity contribution in [2.24, 2.45) is 0 Å². The Bertz CT molecular complexity index is 781. The smallest absolute Gasteiger partial charge is 0.165 e. The summed E-state index contributed by atoms with van der Waals surface area (Å²) >= 11 is 0. The molecule has 30 heavy (non-hydrogen) atoms. The van der Waals surface area contributed by atoms with E-state index < -0.39 is 6.10 Å². The fourth-order valence-corrected chi connectivity index (χ4v) is 3.57. The van der Waals surface area contributed by atoms with Gasteiger partial charge in [-0.15, -0.1) is 0 Å². The lowest BCUT2D eigenvalue weighted by Gasteiger charge is -2.28. The topological polar surface area (TPSA) is 54.4 Å². The largest absolute Gasteiger partial charge is 0.493 e. The lowest BCUT2D eigenvalue weighted by Crippen LogP contribution is -2.42. The number of rotatable bonds is 10. The minimum atomic E-state index is -0.599. The maximum absolute atomic E-state index is 13.1. The number of β-amino-alcohol motifs (C(OH)–C–C–N with tert-alkyl or cyclic N) is 1. The monoisotopic (exact) mass is 418 g/mol. The molecule has 3 rings (SSSR count). The summed E-state index contributed by atoms with van der Waals surface area (Å²) in [5, 5.41) is 10.4. The van der Waals surface area contributed by atoms with Crippen molar-refractivity contribution in [2.45, 2.75) is 19.2 Å². The van der Waals surface area contributed by atoms with Crippen LogP contribution in [0.5, 0.6) is 11.5 Å². The molecule has 1 N–H and O–H groups in total. The number of aliphatic hydroxyl groups is 1. The Morgan fingerprint density at radius 2 is 1.87 bits per heavy atom. The summed E-state index contributed by atoms with van der Waals surface area (Å²) in [6.07, 6.45) is -0.599. The first kappa shape index (κ1) is 22.5. The molecule has 1 aliphatic heterocycles. The molecule has 1 fully saturated rings. The molecule has 0 bridgehead atoms. The molecule has 0 spiro atoms. The second kappa shape index (κ2) is 11.3. The quantitative estimate of drug-likeness (QED) is 0.640. The van der Waals surface area contributed by atoms with Gasteiger partial charge < -0.3 is 19.3 Å². The van der Waals surface area contributed by atoms with E-state index in [1.54, 1.807) is 19.2 Å². The van der Waals surface area contributed by atoms with Crippen LogP contribution < -0.4 is 9.47 Å². The van der Waals surface area contributed by atoms with Crippen LogP contribution >= 0.6 is 0 Å². The van der Waals surface area contributed by atoms with Crippen LogP contribution in [-0.4, -0.2) is 74.6 Å². The molecule has 6 nitrogen and oxygen atoms in total. The molecule has 0 saturated carbocycles. The van der Waals surface area contributed by atoms with Crippen LogP contribution in [0.25, 0.3) is 0 Å². The molecule has 0 radical (unpaired) electrons. The van der Waals surface area contributed by atoms with Crippen molar-refractivity contribution in [1.29, 1.82) is 0 Å². The lowest BCUT2D eigenvalue weighted by molar-refractivity contribution is 0.00431. The van der Waals surface area contributed by atoms with Crippen molar-refractivity contribution in [3.05, 3.63) is 59.4 Å². The number of hydrogen-bond acceptors (Lipinski definition) is 6. The van der Waals surface area contributed by atoms with E-state index in [1.807, 2.05) is 25.2 Å². The number of ether oxygens (including phenoxy) is 3. The highest BCUT2D eigenvalue weighted by atomic mass is 19.1. The van der Waals surface area contributed by atoms with Gasteiger partial charge in [0.15, 0.2) is 11.5 Å². The molecule has 1 atom stereocenters. The zero-order valence-electron chi connectivity index (χ0n) is 17.7. The summed E-state index contributed by atoms with van der Waals surface area (Å²) in [4.78, 5) is 4.30. The summed E-state index contributed by atoms with van der Waals surface area (Å²) in [6.45, 7) is 5.09. The second-order valence-corrected chi connectivity index (χ2v) is 7.63. The summed E-state index contributed by atoms with van der Waals surface area (Å²) < 4.78 is 30.0. The minimum Gasteiger partial charge on any atom is -0.493 e. The van der Waals surface area contributed by atoms with Crippen molar-refractivity contribution >= 4 is 0 Å². The van der Waals surface area contributed by atoms with Gasteiger partial charge in [0.2, 0.25) is 0 Å². The molecule has 1 saturated heterocycles. The Hall–Kier alpha value is -2.19. The number of hydrogen-bond donors (Lipinski definition) is 1. The van der Waals surface area contributed by atoms with Gasteiger partial charge in [-0.1, -0.05) is 24.3 Å². The average Bonchev–Trinajstić information content (AvgIpc) is 2.75. The van der Waals surface area contributed by atoms with E-state index in [-0.39, 0.29) is 12.4 Å². The summed E-state index contributed by atoms with van der Waals surface area (Å²) in [5.41, 5.74) is 2.00. The van der Waals surface area contributed by atoms with Crippen molar-refractivity contribution in [1.82, 2.24) is 9.80 Å². The Morgan fingerprint density at radius 3 is 2.57 bits per heavy atom. The van der Waals surface area contributed by atoms with E-state index in [9.17, 15) is 9.50 Å².